The average molecular weight is 268 g/mol. The second-order valence-corrected chi connectivity index (χ2v) is 5.61. The van der Waals surface area contributed by atoms with Gasteiger partial charge >= 0.3 is 0 Å². The molecule has 1 aliphatic carbocycles. The number of benzene rings is 1. The van der Waals surface area contributed by atoms with Crippen molar-refractivity contribution in [1.82, 2.24) is 0 Å². The number of hydrogen-bond donors (Lipinski definition) is 1. The first kappa shape index (κ1) is 14.4. The molecule has 0 aromatic heterocycles. The molecule has 1 N–H and O–H groups in total. The standard InChI is InChI=1S/C16H22F2O/c17-14-8-9-15(18)13(10-14)11-16(19)12-6-4-2-1-3-5-7-12/h8-10,12,16,19H,1-7,11H2. The largest absolute Gasteiger partial charge is 0.392 e. The van der Waals surface area contributed by atoms with Gasteiger partial charge in [0.2, 0.25) is 0 Å². The highest BCUT2D eigenvalue weighted by Gasteiger charge is 2.21. The van der Waals surface area contributed by atoms with Crippen LogP contribution in [0.2, 0.25) is 0 Å². The predicted molar refractivity (Wildman–Crippen MR) is 71.9 cm³/mol. The van der Waals surface area contributed by atoms with Crippen LogP contribution in [0.1, 0.15) is 50.5 Å². The van der Waals surface area contributed by atoms with E-state index in [2.05, 4.69) is 0 Å². The highest BCUT2D eigenvalue weighted by molar-refractivity contribution is 5.19. The van der Waals surface area contributed by atoms with E-state index < -0.39 is 17.7 Å². The summed E-state index contributed by atoms with van der Waals surface area (Å²) in [6.07, 6.45) is 7.64. The minimum Gasteiger partial charge on any atom is -0.392 e. The summed E-state index contributed by atoms with van der Waals surface area (Å²) in [6, 6.07) is 3.44. The Kier molecular flexibility index (Phi) is 5.32. The molecule has 1 aromatic carbocycles. The molecule has 1 fully saturated rings. The summed E-state index contributed by atoms with van der Waals surface area (Å²) in [6.45, 7) is 0. The fourth-order valence-electron chi connectivity index (χ4n) is 2.96. The topological polar surface area (TPSA) is 20.2 Å². The highest BCUT2D eigenvalue weighted by atomic mass is 19.1. The summed E-state index contributed by atoms with van der Waals surface area (Å²) < 4.78 is 26.7. The van der Waals surface area contributed by atoms with Crippen LogP contribution in [0, 0.1) is 17.6 Å². The quantitative estimate of drug-likeness (QED) is 0.869. The van der Waals surface area contributed by atoms with E-state index in [-0.39, 0.29) is 17.9 Å². The van der Waals surface area contributed by atoms with E-state index in [4.69, 9.17) is 0 Å². The third-order valence-corrected chi connectivity index (χ3v) is 4.13. The van der Waals surface area contributed by atoms with Gasteiger partial charge in [0.1, 0.15) is 11.6 Å². The molecule has 106 valence electrons. The molecule has 19 heavy (non-hydrogen) atoms. The zero-order chi connectivity index (χ0) is 13.7. The number of rotatable bonds is 3. The molecule has 1 unspecified atom stereocenters. The molecule has 0 bridgehead atoms. The zero-order valence-electron chi connectivity index (χ0n) is 11.2. The van der Waals surface area contributed by atoms with Crippen molar-refractivity contribution in [2.75, 3.05) is 0 Å². The Morgan fingerprint density at radius 1 is 1.05 bits per heavy atom. The van der Waals surface area contributed by atoms with Gasteiger partial charge in [0.25, 0.3) is 0 Å². The van der Waals surface area contributed by atoms with Crippen LogP contribution in [0.4, 0.5) is 8.78 Å². The monoisotopic (exact) mass is 268 g/mol. The summed E-state index contributed by atoms with van der Waals surface area (Å²) >= 11 is 0. The summed E-state index contributed by atoms with van der Waals surface area (Å²) in [5.74, 6) is -0.643. The van der Waals surface area contributed by atoms with Crippen molar-refractivity contribution in [3.63, 3.8) is 0 Å². The molecule has 0 radical (unpaired) electrons. The minimum absolute atomic E-state index is 0.217. The number of aliphatic hydroxyl groups excluding tert-OH is 1. The van der Waals surface area contributed by atoms with Crippen LogP contribution >= 0.6 is 0 Å². The molecule has 0 heterocycles. The smallest absolute Gasteiger partial charge is 0.126 e. The van der Waals surface area contributed by atoms with E-state index in [0.29, 0.717) is 0 Å². The molecular formula is C16H22F2O. The van der Waals surface area contributed by atoms with E-state index in [1.54, 1.807) is 0 Å². The van der Waals surface area contributed by atoms with Gasteiger partial charge in [-0.15, -0.1) is 0 Å². The highest BCUT2D eigenvalue weighted by Crippen LogP contribution is 2.27. The Labute approximate surface area is 113 Å². The fourth-order valence-corrected chi connectivity index (χ4v) is 2.96. The van der Waals surface area contributed by atoms with Crippen LogP contribution in [-0.4, -0.2) is 11.2 Å². The molecular weight excluding hydrogens is 246 g/mol. The molecule has 1 nitrogen and oxygen atoms in total. The van der Waals surface area contributed by atoms with Crippen molar-refractivity contribution < 1.29 is 13.9 Å². The van der Waals surface area contributed by atoms with Gasteiger partial charge in [0, 0.05) is 6.42 Å². The molecule has 0 aliphatic heterocycles. The van der Waals surface area contributed by atoms with E-state index in [0.717, 1.165) is 37.8 Å². The van der Waals surface area contributed by atoms with Gasteiger partial charge in [-0.25, -0.2) is 8.78 Å². The van der Waals surface area contributed by atoms with Gasteiger partial charge in [-0.1, -0.05) is 32.1 Å². The minimum atomic E-state index is -0.561. The molecule has 0 spiro atoms. The maximum atomic E-state index is 13.6. The SMILES string of the molecule is OC(Cc1cc(F)ccc1F)C1CCCCCCC1. The van der Waals surface area contributed by atoms with Crippen LogP contribution in [0.3, 0.4) is 0 Å². The predicted octanol–water partition coefficient (Wildman–Crippen LogP) is 4.23. The lowest BCUT2D eigenvalue weighted by Crippen LogP contribution is -2.24. The maximum absolute atomic E-state index is 13.6. The zero-order valence-corrected chi connectivity index (χ0v) is 11.2. The summed E-state index contributed by atoms with van der Waals surface area (Å²) in [5, 5.41) is 10.3. The van der Waals surface area contributed by atoms with Gasteiger partial charge in [-0.2, -0.15) is 0 Å². The normalized spacial score (nSPS) is 19.7. The second kappa shape index (κ2) is 6.99. The van der Waals surface area contributed by atoms with Crippen molar-refractivity contribution in [3.05, 3.63) is 35.4 Å². The van der Waals surface area contributed by atoms with Crippen molar-refractivity contribution in [2.45, 2.75) is 57.5 Å². The molecule has 1 atom stereocenters. The van der Waals surface area contributed by atoms with Crippen LogP contribution in [0.5, 0.6) is 0 Å². The molecule has 1 saturated carbocycles. The average Bonchev–Trinajstić information content (AvgIpc) is 2.33. The van der Waals surface area contributed by atoms with Crippen molar-refractivity contribution in [2.24, 2.45) is 5.92 Å². The summed E-state index contributed by atoms with van der Waals surface area (Å²) in [4.78, 5) is 0. The number of aliphatic hydroxyl groups is 1. The van der Waals surface area contributed by atoms with Crippen LogP contribution in [0.15, 0.2) is 18.2 Å². The second-order valence-electron chi connectivity index (χ2n) is 5.61. The van der Waals surface area contributed by atoms with Crippen molar-refractivity contribution >= 4 is 0 Å². The lowest BCUT2D eigenvalue weighted by atomic mass is 9.85. The maximum Gasteiger partial charge on any atom is 0.126 e. The van der Waals surface area contributed by atoms with E-state index in [1.165, 1.54) is 25.3 Å². The van der Waals surface area contributed by atoms with Gasteiger partial charge in [-0.3, -0.25) is 0 Å². The fraction of sp³-hybridized carbons (Fsp3) is 0.625. The van der Waals surface area contributed by atoms with Crippen LogP contribution in [-0.2, 0) is 6.42 Å². The molecule has 0 amide bonds. The van der Waals surface area contributed by atoms with Gasteiger partial charge in [0.15, 0.2) is 0 Å². The van der Waals surface area contributed by atoms with Gasteiger partial charge in [-0.05, 0) is 42.5 Å². The molecule has 1 aliphatic rings. The van der Waals surface area contributed by atoms with E-state index in [1.807, 2.05) is 0 Å². The molecule has 3 heteroatoms. The van der Waals surface area contributed by atoms with Crippen molar-refractivity contribution in [3.8, 4) is 0 Å². The van der Waals surface area contributed by atoms with Gasteiger partial charge < -0.3 is 5.11 Å². The lowest BCUT2D eigenvalue weighted by molar-refractivity contribution is 0.0904. The molecule has 0 saturated heterocycles. The first-order valence-electron chi connectivity index (χ1n) is 7.29. The van der Waals surface area contributed by atoms with Crippen molar-refractivity contribution in [1.29, 1.82) is 0 Å². The Balaban J connectivity index is 1.98. The Morgan fingerprint density at radius 3 is 2.37 bits per heavy atom. The first-order valence-corrected chi connectivity index (χ1v) is 7.29. The number of hydrogen-bond acceptors (Lipinski definition) is 1. The van der Waals surface area contributed by atoms with E-state index in [9.17, 15) is 13.9 Å². The lowest BCUT2D eigenvalue weighted by Gasteiger charge is -2.25. The first-order chi connectivity index (χ1) is 9.16. The Bertz CT molecular complexity index is 398. The third kappa shape index (κ3) is 4.27. The summed E-state index contributed by atoms with van der Waals surface area (Å²) in [7, 11) is 0. The third-order valence-electron chi connectivity index (χ3n) is 4.13. The van der Waals surface area contributed by atoms with E-state index >= 15 is 0 Å². The van der Waals surface area contributed by atoms with Crippen LogP contribution in [0.25, 0.3) is 0 Å². The Morgan fingerprint density at radius 2 is 1.68 bits per heavy atom. The molecule has 1 aromatic rings. The van der Waals surface area contributed by atoms with Crippen LogP contribution < -0.4 is 0 Å². The summed E-state index contributed by atoms with van der Waals surface area (Å²) in [5.41, 5.74) is 0.287. The Hall–Kier alpha value is -0.960. The van der Waals surface area contributed by atoms with Gasteiger partial charge in [0.05, 0.1) is 6.10 Å². The molecule has 2 rings (SSSR count). The number of halogens is 2.